The molecule has 6 aromatic rings. The number of pyridine rings is 3. The highest BCUT2D eigenvalue weighted by atomic mass is 32.1. The molecule has 1 unspecified atom stereocenters. The van der Waals surface area contributed by atoms with Crippen LogP contribution in [0.15, 0.2) is 73.6 Å². The van der Waals surface area contributed by atoms with E-state index in [-0.39, 0.29) is 17.7 Å². The second-order valence-electron chi connectivity index (χ2n) is 20.4. The van der Waals surface area contributed by atoms with Crippen LogP contribution in [0.25, 0.3) is 18.2 Å². The molecule has 0 spiro atoms. The quantitative estimate of drug-likeness (QED) is 0.106. The molecule has 0 bridgehead atoms. The normalized spacial score (nSPS) is 19.8. The average molecular weight is 1060 g/mol. The molecule has 12 rings (SSSR count). The molecule has 3 aliphatic heterocycles. The largest absolute Gasteiger partial charge is 0.302 e. The van der Waals surface area contributed by atoms with Gasteiger partial charge >= 0.3 is 0 Å². The predicted molar refractivity (Wildman–Crippen MR) is 302 cm³/mol. The van der Waals surface area contributed by atoms with Gasteiger partial charge in [0.15, 0.2) is 15.4 Å². The monoisotopic (exact) mass is 1060 g/mol. The third kappa shape index (κ3) is 14.2. The van der Waals surface area contributed by atoms with E-state index in [4.69, 9.17) is 0 Å². The van der Waals surface area contributed by atoms with Crippen molar-refractivity contribution in [3.63, 3.8) is 0 Å². The van der Waals surface area contributed by atoms with E-state index in [9.17, 15) is 14.4 Å². The topological polar surface area (TPSA) is 174 Å². The standard InChI is InChI=1S/3C19H22N4OS/c3*1-13(24)22-19-21-10-17(25-19)12-23-7-3-5-15(11-23)16-8-14-4-2-6-18(14)20-9-16/h3*2,6,8-10,15H,3-5,7,11-12H2,1H3,(H,21,22,24)/t2*15-;/m10./s1. The zero-order chi connectivity index (χ0) is 51.7. The summed E-state index contributed by atoms with van der Waals surface area (Å²) in [4.78, 5) is 71.1. The van der Waals surface area contributed by atoms with Crippen molar-refractivity contribution in [2.75, 3.05) is 55.2 Å². The van der Waals surface area contributed by atoms with E-state index in [1.54, 1.807) is 34.0 Å². The minimum Gasteiger partial charge on any atom is -0.302 e. The fourth-order valence-corrected chi connectivity index (χ4v) is 13.7. The first-order chi connectivity index (χ1) is 36.5. The van der Waals surface area contributed by atoms with E-state index in [0.717, 1.165) is 95.2 Å². The molecule has 3 fully saturated rings. The number of carbonyl (C=O) groups excluding carboxylic acids is 3. The highest BCUT2D eigenvalue weighted by Gasteiger charge is 2.27. The Hall–Kier alpha value is -6.15. The lowest BCUT2D eigenvalue weighted by molar-refractivity contribution is -0.115. The minimum atomic E-state index is -0.0717. The Balaban J connectivity index is 0.000000128. The lowest BCUT2D eigenvalue weighted by Gasteiger charge is -2.32. The second kappa shape index (κ2) is 24.7. The smallest absolute Gasteiger partial charge is 0.223 e. The summed E-state index contributed by atoms with van der Waals surface area (Å²) in [6, 6.07) is 7.04. The summed E-state index contributed by atoms with van der Waals surface area (Å²) < 4.78 is 0. The third-order valence-electron chi connectivity index (χ3n) is 14.5. The van der Waals surface area contributed by atoms with Crippen molar-refractivity contribution in [1.82, 2.24) is 44.6 Å². The molecular weight excluding hydrogens is 997 g/mol. The van der Waals surface area contributed by atoms with E-state index in [1.807, 2.05) is 18.6 Å². The number of carbonyl (C=O) groups is 3. The molecule has 18 heteroatoms. The molecule has 15 nitrogen and oxygen atoms in total. The number of thiazole rings is 3. The van der Waals surface area contributed by atoms with Gasteiger partial charge in [-0.25, -0.2) is 15.0 Å². The number of allylic oxidation sites excluding steroid dienone is 3. The number of likely N-dealkylation sites (tertiary alicyclic amines) is 3. The molecule has 390 valence electrons. The summed E-state index contributed by atoms with van der Waals surface area (Å²) >= 11 is 4.69. The number of aromatic nitrogens is 6. The minimum absolute atomic E-state index is 0.0717. The predicted octanol–water partition coefficient (Wildman–Crippen LogP) is 10.3. The van der Waals surface area contributed by atoms with Gasteiger partial charge in [0.2, 0.25) is 17.7 Å². The molecule has 6 aliphatic rings. The molecule has 3 N–H and O–H groups in total. The van der Waals surface area contributed by atoms with Gasteiger partial charge in [-0.15, -0.1) is 34.0 Å². The summed E-state index contributed by atoms with van der Waals surface area (Å²) in [7, 11) is 0. The number of nitrogens with one attached hydrogen (secondary N) is 3. The summed E-state index contributed by atoms with van der Waals surface area (Å²) in [5, 5.41) is 10.3. The Morgan fingerprint density at radius 1 is 0.467 bits per heavy atom. The Labute approximate surface area is 451 Å². The summed E-state index contributed by atoms with van der Waals surface area (Å²) in [5.41, 5.74) is 11.6. The molecule has 9 heterocycles. The molecule has 75 heavy (non-hydrogen) atoms. The highest BCUT2D eigenvalue weighted by Crippen LogP contribution is 2.34. The average Bonchev–Trinajstić information content (AvgIpc) is 4.28. The van der Waals surface area contributed by atoms with E-state index in [1.165, 1.54) is 107 Å². The van der Waals surface area contributed by atoms with E-state index >= 15 is 0 Å². The number of hydrogen-bond donors (Lipinski definition) is 3. The van der Waals surface area contributed by atoms with Crippen LogP contribution in [-0.4, -0.2) is 102 Å². The molecule has 3 atom stereocenters. The molecule has 6 aromatic heterocycles. The number of fused-ring (bicyclic) bond motifs is 3. The van der Waals surface area contributed by atoms with Gasteiger partial charge in [-0.05, 0) is 147 Å². The molecule has 0 radical (unpaired) electrons. The maximum Gasteiger partial charge on any atom is 0.223 e. The Bertz CT molecular complexity index is 2760. The van der Waals surface area contributed by atoms with Gasteiger partial charge in [-0.2, -0.15) is 0 Å². The van der Waals surface area contributed by atoms with E-state index in [0.29, 0.717) is 33.1 Å². The van der Waals surface area contributed by atoms with Crippen molar-refractivity contribution in [3.8, 4) is 0 Å². The number of anilines is 3. The first-order valence-electron chi connectivity index (χ1n) is 26.3. The summed E-state index contributed by atoms with van der Waals surface area (Å²) in [6.45, 7) is 13.7. The van der Waals surface area contributed by atoms with Crippen molar-refractivity contribution in [2.45, 2.75) is 116 Å². The van der Waals surface area contributed by atoms with Gasteiger partial charge in [0, 0.05) is 112 Å². The molecular formula is C57H66N12O3S3. The van der Waals surface area contributed by atoms with Crippen molar-refractivity contribution in [3.05, 3.63) is 139 Å². The number of nitrogens with zero attached hydrogens (tertiary/aromatic N) is 9. The van der Waals surface area contributed by atoms with Crippen molar-refractivity contribution in [2.24, 2.45) is 0 Å². The molecule has 3 saturated heterocycles. The van der Waals surface area contributed by atoms with Gasteiger partial charge in [-0.3, -0.25) is 44.0 Å². The molecule has 3 aliphatic carbocycles. The van der Waals surface area contributed by atoms with Crippen LogP contribution >= 0.6 is 34.0 Å². The summed E-state index contributed by atoms with van der Waals surface area (Å²) in [5.74, 6) is 1.44. The fraction of sp³-hybridized carbons (Fsp3) is 0.421. The van der Waals surface area contributed by atoms with Crippen LogP contribution in [0.1, 0.15) is 142 Å². The van der Waals surface area contributed by atoms with Gasteiger partial charge in [0.1, 0.15) is 0 Å². The molecule has 0 saturated carbocycles. The van der Waals surface area contributed by atoms with Crippen molar-refractivity contribution < 1.29 is 14.4 Å². The Kier molecular flexibility index (Phi) is 17.2. The summed E-state index contributed by atoms with van der Waals surface area (Å²) in [6.07, 6.45) is 35.0. The number of rotatable bonds is 12. The van der Waals surface area contributed by atoms with Crippen LogP contribution in [0.2, 0.25) is 0 Å². The van der Waals surface area contributed by atoms with Crippen LogP contribution in [0, 0.1) is 0 Å². The second-order valence-corrected chi connectivity index (χ2v) is 23.8. The van der Waals surface area contributed by atoms with Gasteiger partial charge in [0.05, 0.1) is 17.1 Å². The number of piperidine rings is 3. The fourth-order valence-electron chi connectivity index (χ4n) is 11.0. The van der Waals surface area contributed by atoms with Crippen LogP contribution in [-0.2, 0) is 53.3 Å². The van der Waals surface area contributed by atoms with Crippen LogP contribution in [0.5, 0.6) is 0 Å². The van der Waals surface area contributed by atoms with Crippen LogP contribution in [0.3, 0.4) is 0 Å². The maximum absolute atomic E-state index is 11.1. The maximum atomic E-state index is 11.1. The van der Waals surface area contributed by atoms with E-state index < -0.39 is 0 Å². The molecule has 3 amide bonds. The lowest BCUT2D eigenvalue weighted by atomic mass is 9.90. The van der Waals surface area contributed by atoms with Gasteiger partial charge < -0.3 is 16.0 Å². The van der Waals surface area contributed by atoms with Gasteiger partial charge in [0.25, 0.3) is 0 Å². The first kappa shape index (κ1) is 52.3. The van der Waals surface area contributed by atoms with E-state index in [2.05, 4.69) is 134 Å². The highest BCUT2D eigenvalue weighted by molar-refractivity contribution is 7.16. The van der Waals surface area contributed by atoms with Crippen molar-refractivity contribution in [1.29, 1.82) is 0 Å². The van der Waals surface area contributed by atoms with Gasteiger partial charge in [-0.1, -0.05) is 36.4 Å². The SMILES string of the molecule is CC(=O)Nc1ncc(CN2CCCC(c3cnc4c(c3)CC=C4)C2)s1.CC(=O)Nc1ncc(CN2CCC[C@@H](c3cnc4c(c3)CC=C4)C2)s1.CC(=O)Nc1ncc(CN2CCC[C@H](c3cnc4c(c3)CC=C4)C2)s1. The number of hydrogen-bond acceptors (Lipinski definition) is 15. The number of amides is 3. The lowest BCUT2D eigenvalue weighted by Crippen LogP contribution is -2.33. The van der Waals surface area contributed by atoms with Crippen molar-refractivity contribution >= 4 is 85.4 Å². The first-order valence-corrected chi connectivity index (χ1v) is 28.8. The molecule has 0 aromatic carbocycles. The Morgan fingerprint density at radius 3 is 1.07 bits per heavy atom. The zero-order valence-corrected chi connectivity index (χ0v) is 45.5. The van der Waals surface area contributed by atoms with Crippen LogP contribution < -0.4 is 16.0 Å². The zero-order valence-electron chi connectivity index (χ0n) is 43.1. The third-order valence-corrected chi connectivity index (χ3v) is 17.2. The van der Waals surface area contributed by atoms with Crippen LogP contribution in [0.4, 0.5) is 15.4 Å². The Morgan fingerprint density at radius 2 is 0.773 bits per heavy atom.